The van der Waals surface area contributed by atoms with Crippen molar-refractivity contribution in [3.05, 3.63) is 59.7 Å². The van der Waals surface area contributed by atoms with E-state index in [1.807, 2.05) is 39.1 Å². The normalized spacial score (nSPS) is 14.7. The molecule has 0 N–H and O–H groups in total. The van der Waals surface area contributed by atoms with Crippen LogP contribution in [0.3, 0.4) is 0 Å². The fourth-order valence-electron chi connectivity index (χ4n) is 1.97. The minimum absolute atomic E-state index is 0.254. The highest BCUT2D eigenvalue weighted by atomic mass is 14.7. The van der Waals surface area contributed by atoms with Crippen LogP contribution in [0.2, 0.25) is 0 Å². The SMILES string of the molecule is C=C(/C=C\C(C)=NC)C(C)c1ccccc1C(C)=NC. The molecule has 0 saturated heterocycles. The predicted molar refractivity (Wildman–Crippen MR) is 90.3 cm³/mol. The third kappa shape index (κ3) is 4.02. The van der Waals surface area contributed by atoms with Gasteiger partial charge in [-0.25, -0.2) is 0 Å². The molecule has 0 radical (unpaired) electrons. The Bertz CT molecular complexity index is 563. The Morgan fingerprint density at radius 2 is 1.75 bits per heavy atom. The summed E-state index contributed by atoms with van der Waals surface area (Å²) in [5.74, 6) is 0.254. The summed E-state index contributed by atoms with van der Waals surface area (Å²) in [4.78, 5) is 8.42. The zero-order chi connectivity index (χ0) is 15.1. The van der Waals surface area contributed by atoms with Crippen molar-refractivity contribution in [2.24, 2.45) is 9.98 Å². The molecule has 1 atom stereocenters. The lowest BCUT2D eigenvalue weighted by molar-refractivity contribution is 0.922. The van der Waals surface area contributed by atoms with Crippen LogP contribution in [0, 0.1) is 0 Å². The summed E-state index contributed by atoms with van der Waals surface area (Å²) in [6.07, 6.45) is 4.05. The first kappa shape index (κ1) is 16.1. The predicted octanol–water partition coefficient (Wildman–Crippen LogP) is 4.43. The number of hydrogen-bond acceptors (Lipinski definition) is 2. The van der Waals surface area contributed by atoms with E-state index in [1.54, 1.807) is 7.05 Å². The summed E-state index contributed by atoms with van der Waals surface area (Å²) in [5, 5.41) is 0. The number of hydrogen-bond donors (Lipinski definition) is 0. The first-order valence-corrected chi connectivity index (χ1v) is 6.84. The monoisotopic (exact) mass is 268 g/mol. The molecular formula is C18H24N2. The molecule has 0 saturated carbocycles. The van der Waals surface area contributed by atoms with Crippen molar-refractivity contribution in [2.75, 3.05) is 14.1 Å². The summed E-state index contributed by atoms with van der Waals surface area (Å²) >= 11 is 0. The highest BCUT2D eigenvalue weighted by Crippen LogP contribution is 2.27. The average molecular weight is 268 g/mol. The van der Waals surface area contributed by atoms with Crippen molar-refractivity contribution < 1.29 is 0 Å². The van der Waals surface area contributed by atoms with Crippen molar-refractivity contribution >= 4 is 11.4 Å². The van der Waals surface area contributed by atoms with E-state index in [-0.39, 0.29) is 5.92 Å². The van der Waals surface area contributed by atoms with Gasteiger partial charge in [0.2, 0.25) is 0 Å². The molecule has 0 aliphatic carbocycles. The molecule has 0 fully saturated rings. The first-order chi connectivity index (χ1) is 9.51. The van der Waals surface area contributed by atoms with Crippen LogP contribution in [0.1, 0.15) is 37.8 Å². The molecule has 0 amide bonds. The van der Waals surface area contributed by atoms with E-state index in [4.69, 9.17) is 0 Å². The van der Waals surface area contributed by atoms with Crippen molar-refractivity contribution in [3.63, 3.8) is 0 Å². The van der Waals surface area contributed by atoms with Gasteiger partial charge in [-0.3, -0.25) is 9.98 Å². The number of rotatable bonds is 5. The molecule has 1 unspecified atom stereocenters. The van der Waals surface area contributed by atoms with Crippen LogP contribution in [0.25, 0.3) is 0 Å². The largest absolute Gasteiger partial charge is 0.293 e. The molecule has 2 nitrogen and oxygen atoms in total. The van der Waals surface area contributed by atoms with Gasteiger partial charge in [0.1, 0.15) is 0 Å². The van der Waals surface area contributed by atoms with Gasteiger partial charge in [0.15, 0.2) is 0 Å². The molecule has 0 heterocycles. The van der Waals surface area contributed by atoms with Gasteiger partial charge in [-0.05, 0) is 36.6 Å². The van der Waals surface area contributed by atoms with E-state index >= 15 is 0 Å². The standard InChI is InChI=1S/C18H24N2/c1-13(11-12-14(2)19-5)15(3)17-9-7-8-10-18(17)16(4)20-6/h7-12,15H,1H2,2-6H3/b12-11-,19-14?,20-16?. The van der Waals surface area contributed by atoms with Gasteiger partial charge < -0.3 is 0 Å². The Hall–Kier alpha value is -1.96. The van der Waals surface area contributed by atoms with Gasteiger partial charge in [-0.2, -0.15) is 0 Å². The number of benzene rings is 1. The Balaban J connectivity index is 3.07. The van der Waals surface area contributed by atoms with E-state index < -0.39 is 0 Å². The van der Waals surface area contributed by atoms with Crippen molar-refractivity contribution in [2.45, 2.75) is 26.7 Å². The molecule has 1 aromatic rings. The maximum Gasteiger partial charge on any atom is 0.0389 e. The summed E-state index contributed by atoms with van der Waals surface area (Å²) < 4.78 is 0. The van der Waals surface area contributed by atoms with Gasteiger partial charge in [-0.15, -0.1) is 0 Å². The summed E-state index contributed by atoms with van der Waals surface area (Å²) in [5.41, 5.74) is 5.58. The average Bonchev–Trinajstić information content (AvgIpc) is 2.50. The lowest BCUT2D eigenvalue weighted by Crippen LogP contribution is -2.05. The van der Waals surface area contributed by atoms with Gasteiger partial charge in [0.25, 0.3) is 0 Å². The number of allylic oxidation sites excluding steroid dienone is 3. The maximum atomic E-state index is 4.30. The highest BCUT2D eigenvalue weighted by molar-refractivity contribution is 6.00. The molecule has 0 spiro atoms. The fourth-order valence-corrected chi connectivity index (χ4v) is 1.97. The maximum absolute atomic E-state index is 4.30. The van der Waals surface area contributed by atoms with Crippen molar-refractivity contribution in [3.8, 4) is 0 Å². The molecule has 0 aromatic heterocycles. The third-order valence-electron chi connectivity index (χ3n) is 3.60. The van der Waals surface area contributed by atoms with Crippen LogP contribution in [-0.2, 0) is 0 Å². The molecule has 1 aromatic carbocycles. The number of aliphatic imine (C=N–C) groups is 2. The van der Waals surface area contributed by atoms with Crippen LogP contribution in [0.4, 0.5) is 0 Å². The van der Waals surface area contributed by atoms with E-state index in [9.17, 15) is 0 Å². The zero-order valence-electron chi connectivity index (χ0n) is 13.1. The summed E-state index contributed by atoms with van der Waals surface area (Å²) in [6, 6.07) is 8.37. The molecule has 106 valence electrons. The smallest absolute Gasteiger partial charge is 0.0389 e. The van der Waals surface area contributed by atoms with Gasteiger partial charge in [-0.1, -0.05) is 43.8 Å². The van der Waals surface area contributed by atoms with Gasteiger partial charge >= 0.3 is 0 Å². The second-order valence-corrected chi connectivity index (χ2v) is 4.89. The van der Waals surface area contributed by atoms with Crippen LogP contribution < -0.4 is 0 Å². The first-order valence-electron chi connectivity index (χ1n) is 6.84. The van der Waals surface area contributed by atoms with Gasteiger partial charge in [0, 0.05) is 31.4 Å². The molecule has 20 heavy (non-hydrogen) atoms. The molecule has 0 aliphatic heterocycles. The van der Waals surface area contributed by atoms with E-state index in [1.165, 1.54) is 11.1 Å². The minimum atomic E-state index is 0.254. The number of nitrogens with zero attached hydrogens (tertiary/aromatic N) is 2. The Morgan fingerprint density at radius 1 is 1.10 bits per heavy atom. The lowest BCUT2D eigenvalue weighted by Gasteiger charge is -2.17. The Kier molecular flexibility index (Phi) is 6.10. The quantitative estimate of drug-likeness (QED) is 0.557. The molecule has 0 aliphatic rings. The molecule has 2 heteroatoms. The summed E-state index contributed by atoms with van der Waals surface area (Å²) in [7, 11) is 3.62. The van der Waals surface area contributed by atoms with E-state index in [2.05, 4.69) is 41.7 Å². The summed E-state index contributed by atoms with van der Waals surface area (Å²) in [6.45, 7) is 10.4. The van der Waals surface area contributed by atoms with Gasteiger partial charge in [0.05, 0.1) is 0 Å². The Labute approximate surface area is 122 Å². The van der Waals surface area contributed by atoms with Crippen LogP contribution in [0.5, 0.6) is 0 Å². The highest BCUT2D eigenvalue weighted by Gasteiger charge is 2.13. The third-order valence-corrected chi connectivity index (χ3v) is 3.60. The van der Waals surface area contributed by atoms with E-state index in [0.29, 0.717) is 0 Å². The van der Waals surface area contributed by atoms with Crippen LogP contribution >= 0.6 is 0 Å². The zero-order valence-corrected chi connectivity index (χ0v) is 13.1. The minimum Gasteiger partial charge on any atom is -0.293 e. The van der Waals surface area contributed by atoms with Crippen molar-refractivity contribution in [1.82, 2.24) is 0 Å². The van der Waals surface area contributed by atoms with E-state index in [0.717, 1.165) is 17.0 Å². The van der Waals surface area contributed by atoms with Crippen molar-refractivity contribution in [1.29, 1.82) is 0 Å². The molecule has 0 bridgehead atoms. The lowest BCUT2D eigenvalue weighted by atomic mass is 9.88. The second kappa shape index (κ2) is 7.59. The van der Waals surface area contributed by atoms with Crippen LogP contribution in [0.15, 0.2) is 58.6 Å². The topological polar surface area (TPSA) is 24.7 Å². The Morgan fingerprint density at radius 3 is 2.35 bits per heavy atom. The van der Waals surface area contributed by atoms with Crippen LogP contribution in [-0.4, -0.2) is 25.5 Å². The molecular weight excluding hydrogens is 244 g/mol. The fraction of sp³-hybridized carbons (Fsp3) is 0.333. The molecule has 1 rings (SSSR count). The second-order valence-electron chi connectivity index (χ2n) is 4.89.